The van der Waals surface area contributed by atoms with Crippen molar-refractivity contribution in [1.29, 1.82) is 0 Å². The number of benzene rings is 2. The summed E-state index contributed by atoms with van der Waals surface area (Å²) < 4.78 is 23.2. The van der Waals surface area contributed by atoms with Crippen LogP contribution in [-0.2, 0) is 11.3 Å². The summed E-state index contributed by atoms with van der Waals surface area (Å²) in [7, 11) is 1.67. The van der Waals surface area contributed by atoms with Crippen LogP contribution >= 0.6 is 0 Å². The molecule has 0 radical (unpaired) electrons. The maximum Gasteiger partial charge on any atom is 0.221 e. The lowest BCUT2D eigenvalue weighted by atomic mass is 10.1. The van der Waals surface area contributed by atoms with E-state index in [0.29, 0.717) is 32.5 Å². The number of fused-ring (bicyclic) bond motifs is 2. The van der Waals surface area contributed by atoms with Gasteiger partial charge in [0, 0.05) is 44.6 Å². The van der Waals surface area contributed by atoms with Crippen molar-refractivity contribution in [1.82, 2.24) is 10.2 Å². The van der Waals surface area contributed by atoms with Crippen LogP contribution in [0.5, 0.6) is 23.0 Å². The number of nitrogens with zero attached hydrogens (tertiary/aromatic N) is 1. The van der Waals surface area contributed by atoms with E-state index >= 15 is 0 Å². The van der Waals surface area contributed by atoms with Gasteiger partial charge in [0.2, 0.25) is 5.91 Å². The standard InChI is InChI=1S/C25H32N2O5/c1-3-19-16-27(15-18-14-20(29-2)8-9-22(18)31-19)13-11-25(28)26-12-10-21-17-30-23-6-4-5-7-24(23)32-21/h4-9,14,19,21H,3,10-13,15-17H2,1-2H3,(H,26,28). The topological polar surface area (TPSA) is 69.3 Å². The molecule has 0 spiro atoms. The molecule has 1 amide bonds. The van der Waals surface area contributed by atoms with Crippen molar-refractivity contribution in [3.05, 3.63) is 48.0 Å². The third-order valence-electron chi connectivity index (χ3n) is 5.88. The summed E-state index contributed by atoms with van der Waals surface area (Å²) >= 11 is 0. The average Bonchev–Trinajstić information content (AvgIpc) is 3.01. The van der Waals surface area contributed by atoms with Crippen LogP contribution in [0.2, 0.25) is 0 Å². The molecule has 1 N–H and O–H groups in total. The molecule has 4 rings (SSSR count). The average molecular weight is 441 g/mol. The maximum atomic E-state index is 12.4. The highest BCUT2D eigenvalue weighted by Gasteiger charge is 2.23. The zero-order valence-electron chi connectivity index (χ0n) is 18.8. The van der Waals surface area contributed by atoms with Gasteiger partial charge >= 0.3 is 0 Å². The molecule has 2 atom stereocenters. The second-order valence-electron chi connectivity index (χ2n) is 8.24. The van der Waals surface area contributed by atoms with Crippen LogP contribution in [0.15, 0.2) is 42.5 Å². The number of rotatable bonds is 8. The molecule has 172 valence electrons. The number of methoxy groups -OCH3 is 1. The van der Waals surface area contributed by atoms with Crippen molar-refractivity contribution in [3.8, 4) is 23.0 Å². The minimum absolute atomic E-state index is 0.0474. The van der Waals surface area contributed by atoms with Gasteiger partial charge in [0.1, 0.15) is 30.3 Å². The molecule has 2 aromatic rings. The second kappa shape index (κ2) is 10.6. The Morgan fingerprint density at radius 1 is 1.12 bits per heavy atom. The molecule has 0 aromatic heterocycles. The molecule has 32 heavy (non-hydrogen) atoms. The summed E-state index contributed by atoms with van der Waals surface area (Å²) in [6, 6.07) is 13.6. The molecule has 0 aliphatic carbocycles. The molecule has 2 unspecified atom stereocenters. The number of amides is 1. The van der Waals surface area contributed by atoms with Crippen LogP contribution in [0, 0.1) is 0 Å². The summed E-state index contributed by atoms with van der Waals surface area (Å²) in [4.78, 5) is 14.7. The smallest absolute Gasteiger partial charge is 0.221 e. The highest BCUT2D eigenvalue weighted by Crippen LogP contribution is 2.31. The lowest BCUT2D eigenvalue weighted by Crippen LogP contribution is -2.37. The SMILES string of the molecule is CCC1CN(CCC(=O)NCCC2COc3ccccc3O2)Cc2cc(OC)ccc2O1. The van der Waals surface area contributed by atoms with E-state index in [1.165, 1.54) is 0 Å². The Morgan fingerprint density at radius 3 is 2.75 bits per heavy atom. The first-order chi connectivity index (χ1) is 15.6. The van der Waals surface area contributed by atoms with Crippen LogP contribution in [0.3, 0.4) is 0 Å². The Kier molecular flexibility index (Phi) is 7.37. The first-order valence-corrected chi connectivity index (χ1v) is 11.4. The van der Waals surface area contributed by atoms with Crippen molar-refractivity contribution >= 4 is 5.91 Å². The number of carbonyl (C=O) groups is 1. The minimum atomic E-state index is -0.0512. The van der Waals surface area contributed by atoms with Gasteiger partial charge in [-0.15, -0.1) is 0 Å². The van der Waals surface area contributed by atoms with E-state index in [9.17, 15) is 4.79 Å². The molecule has 2 aliphatic heterocycles. The van der Waals surface area contributed by atoms with Crippen molar-refractivity contribution in [3.63, 3.8) is 0 Å². The van der Waals surface area contributed by atoms with E-state index in [4.69, 9.17) is 18.9 Å². The van der Waals surface area contributed by atoms with Crippen LogP contribution < -0.4 is 24.3 Å². The zero-order chi connectivity index (χ0) is 22.3. The normalized spacial score (nSPS) is 19.9. The van der Waals surface area contributed by atoms with Crippen molar-refractivity contribution < 1.29 is 23.7 Å². The Hall–Kier alpha value is -2.93. The number of ether oxygens (including phenoxy) is 4. The van der Waals surface area contributed by atoms with Crippen molar-refractivity contribution in [2.45, 2.75) is 44.9 Å². The third-order valence-corrected chi connectivity index (χ3v) is 5.88. The lowest BCUT2D eigenvalue weighted by Gasteiger charge is -2.26. The summed E-state index contributed by atoms with van der Waals surface area (Å²) in [5, 5.41) is 3.02. The van der Waals surface area contributed by atoms with Gasteiger partial charge in [-0.1, -0.05) is 19.1 Å². The predicted molar refractivity (Wildman–Crippen MR) is 122 cm³/mol. The number of carbonyl (C=O) groups excluding carboxylic acids is 1. The third kappa shape index (κ3) is 5.65. The van der Waals surface area contributed by atoms with Gasteiger partial charge in [-0.2, -0.15) is 0 Å². The molecule has 0 bridgehead atoms. The molecule has 7 heteroatoms. The number of hydrogen-bond donors (Lipinski definition) is 1. The maximum absolute atomic E-state index is 12.4. The lowest BCUT2D eigenvalue weighted by molar-refractivity contribution is -0.121. The Balaban J connectivity index is 1.23. The summed E-state index contributed by atoms with van der Waals surface area (Å²) in [6.07, 6.45) is 2.13. The Morgan fingerprint density at radius 2 is 1.94 bits per heavy atom. The van der Waals surface area contributed by atoms with Gasteiger partial charge in [0.05, 0.1) is 7.11 Å². The monoisotopic (exact) mass is 440 g/mol. The molecule has 7 nitrogen and oxygen atoms in total. The Labute approximate surface area is 189 Å². The molecule has 0 fully saturated rings. The van der Waals surface area contributed by atoms with Gasteiger partial charge < -0.3 is 24.3 Å². The molecule has 2 heterocycles. The fourth-order valence-electron chi connectivity index (χ4n) is 4.04. The first-order valence-electron chi connectivity index (χ1n) is 11.4. The van der Waals surface area contributed by atoms with Gasteiger partial charge in [0.25, 0.3) is 0 Å². The largest absolute Gasteiger partial charge is 0.497 e. The number of hydrogen-bond acceptors (Lipinski definition) is 6. The molecule has 2 aliphatic rings. The van der Waals surface area contributed by atoms with Gasteiger partial charge in [-0.05, 0) is 36.8 Å². The molecule has 0 saturated carbocycles. The van der Waals surface area contributed by atoms with E-state index < -0.39 is 0 Å². The first kappa shape index (κ1) is 22.3. The van der Waals surface area contributed by atoms with Gasteiger partial charge in [-0.25, -0.2) is 0 Å². The predicted octanol–water partition coefficient (Wildman–Crippen LogP) is 3.40. The summed E-state index contributed by atoms with van der Waals surface area (Å²) in [5.74, 6) is 3.31. The van der Waals surface area contributed by atoms with E-state index in [1.807, 2.05) is 42.5 Å². The van der Waals surface area contributed by atoms with Crippen LogP contribution in [0.25, 0.3) is 0 Å². The molecule has 0 saturated heterocycles. The van der Waals surface area contributed by atoms with Crippen molar-refractivity contribution in [2.24, 2.45) is 0 Å². The quantitative estimate of drug-likeness (QED) is 0.679. The van der Waals surface area contributed by atoms with Gasteiger partial charge in [-0.3, -0.25) is 9.69 Å². The summed E-state index contributed by atoms with van der Waals surface area (Å²) in [6.45, 7) is 5.41. The highest BCUT2D eigenvalue weighted by molar-refractivity contribution is 5.76. The van der Waals surface area contributed by atoms with E-state index in [2.05, 4.69) is 17.1 Å². The van der Waals surface area contributed by atoms with E-state index in [1.54, 1.807) is 7.11 Å². The molecular weight excluding hydrogens is 408 g/mol. The second-order valence-corrected chi connectivity index (χ2v) is 8.24. The van der Waals surface area contributed by atoms with Gasteiger partial charge in [0.15, 0.2) is 11.5 Å². The van der Waals surface area contributed by atoms with Crippen molar-refractivity contribution in [2.75, 3.05) is 33.4 Å². The fraction of sp³-hybridized carbons (Fsp3) is 0.480. The van der Waals surface area contributed by atoms with Crippen LogP contribution in [-0.4, -0.2) is 56.4 Å². The molecular formula is C25H32N2O5. The zero-order valence-corrected chi connectivity index (χ0v) is 18.8. The number of nitrogens with one attached hydrogen (secondary N) is 1. The minimum Gasteiger partial charge on any atom is -0.497 e. The molecule has 2 aromatic carbocycles. The van der Waals surface area contributed by atoms with Crippen LogP contribution in [0.4, 0.5) is 0 Å². The van der Waals surface area contributed by atoms with E-state index in [0.717, 1.165) is 48.1 Å². The number of para-hydroxylation sites is 2. The highest BCUT2D eigenvalue weighted by atomic mass is 16.6. The van der Waals surface area contributed by atoms with Crippen LogP contribution in [0.1, 0.15) is 31.7 Å². The Bertz CT molecular complexity index is 919. The van der Waals surface area contributed by atoms with E-state index in [-0.39, 0.29) is 18.1 Å². The fourth-order valence-corrected chi connectivity index (χ4v) is 4.04. The summed E-state index contributed by atoms with van der Waals surface area (Å²) in [5.41, 5.74) is 1.09.